The van der Waals surface area contributed by atoms with Crippen LogP contribution in [0.4, 0.5) is 11.6 Å². The highest BCUT2D eigenvalue weighted by Gasteiger charge is 2.07. The fourth-order valence-corrected chi connectivity index (χ4v) is 0.747. The Bertz CT molecular complexity index is 298. The van der Waals surface area contributed by atoms with Gasteiger partial charge in [0, 0.05) is 13.6 Å². The number of rotatable bonds is 3. The first-order chi connectivity index (χ1) is 6.15. The molecule has 0 atom stereocenters. The monoisotopic (exact) mass is 182 g/mol. The summed E-state index contributed by atoms with van der Waals surface area (Å²) in [5.74, 6) is 0.494. The minimum atomic E-state index is -0.518. The molecule has 1 rings (SSSR count). The van der Waals surface area contributed by atoms with Gasteiger partial charge < -0.3 is 4.90 Å². The predicted octanol–water partition coefficient (Wildman–Crippen LogP) is 0.841. The van der Waals surface area contributed by atoms with E-state index in [0.29, 0.717) is 5.95 Å². The summed E-state index contributed by atoms with van der Waals surface area (Å²) < 4.78 is 0. The lowest BCUT2D eigenvalue weighted by molar-refractivity contribution is -0.385. The van der Waals surface area contributed by atoms with E-state index < -0.39 is 4.92 Å². The molecular weight excluding hydrogens is 172 g/mol. The van der Waals surface area contributed by atoms with Crippen LogP contribution in [0.1, 0.15) is 6.92 Å². The minimum absolute atomic E-state index is 0.0896. The molecule has 0 bridgehead atoms. The van der Waals surface area contributed by atoms with Crippen LogP contribution in [-0.4, -0.2) is 28.5 Å². The van der Waals surface area contributed by atoms with Gasteiger partial charge in [0.15, 0.2) is 0 Å². The average molecular weight is 182 g/mol. The highest BCUT2D eigenvalue weighted by molar-refractivity contribution is 5.32. The van der Waals surface area contributed by atoms with Gasteiger partial charge in [-0.2, -0.15) is 0 Å². The van der Waals surface area contributed by atoms with Gasteiger partial charge in [-0.3, -0.25) is 10.1 Å². The Kier molecular flexibility index (Phi) is 2.73. The van der Waals surface area contributed by atoms with E-state index in [2.05, 4.69) is 9.97 Å². The second kappa shape index (κ2) is 3.79. The third-order valence-electron chi connectivity index (χ3n) is 1.65. The molecule has 0 aliphatic rings. The highest BCUT2D eigenvalue weighted by Crippen LogP contribution is 2.09. The van der Waals surface area contributed by atoms with Gasteiger partial charge in [-0.1, -0.05) is 0 Å². The summed E-state index contributed by atoms with van der Waals surface area (Å²) in [7, 11) is 1.82. The third-order valence-corrected chi connectivity index (χ3v) is 1.65. The molecule has 6 heteroatoms. The Balaban J connectivity index is 2.87. The van der Waals surface area contributed by atoms with Crippen LogP contribution in [0.2, 0.25) is 0 Å². The second-order valence-corrected chi connectivity index (χ2v) is 2.51. The van der Waals surface area contributed by atoms with Crippen molar-refractivity contribution in [3.8, 4) is 0 Å². The smallest absolute Gasteiger partial charge is 0.305 e. The molecule has 1 heterocycles. The molecule has 70 valence electrons. The van der Waals surface area contributed by atoms with Crippen molar-refractivity contribution in [2.75, 3.05) is 18.5 Å². The van der Waals surface area contributed by atoms with Crippen molar-refractivity contribution in [2.45, 2.75) is 6.92 Å². The maximum absolute atomic E-state index is 10.3. The zero-order valence-electron chi connectivity index (χ0n) is 7.47. The van der Waals surface area contributed by atoms with Gasteiger partial charge in [0.2, 0.25) is 5.95 Å². The van der Waals surface area contributed by atoms with Crippen LogP contribution in [0.15, 0.2) is 12.4 Å². The Morgan fingerprint density at radius 1 is 1.54 bits per heavy atom. The summed E-state index contributed by atoms with van der Waals surface area (Å²) >= 11 is 0. The maximum atomic E-state index is 10.3. The van der Waals surface area contributed by atoms with E-state index >= 15 is 0 Å². The molecule has 0 unspecified atom stereocenters. The molecule has 0 N–H and O–H groups in total. The number of hydrogen-bond acceptors (Lipinski definition) is 5. The van der Waals surface area contributed by atoms with E-state index in [-0.39, 0.29) is 5.69 Å². The van der Waals surface area contributed by atoms with Crippen LogP contribution in [0.25, 0.3) is 0 Å². The molecule has 13 heavy (non-hydrogen) atoms. The van der Waals surface area contributed by atoms with E-state index in [1.807, 2.05) is 14.0 Å². The molecule has 1 aromatic heterocycles. The molecule has 0 spiro atoms. The Hall–Kier alpha value is -1.72. The minimum Gasteiger partial charge on any atom is -0.344 e. The standard InChI is InChI=1S/C7H10N4O2/c1-3-10(2)7-8-4-6(5-9-7)11(12)13/h4-5H,3H2,1-2H3. The lowest BCUT2D eigenvalue weighted by Gasteiger charge is -2.12. The van der Waals surface area contributed by atoms with Crippen LogP contribution < -0.4 is 4.90 Å². The summed E-state index contributed by atoms with van der Waals surface area (Å²) in [5.41, 5.74) is -0.0896. The molecule has 0 amide bonds. The number of nitro groups is 1. The normalized spacial score (nSPS) is 9.69. The largest absolute Gasteiger partial charge is 0.344 e. The Morgan fingerprint density at radius 3 is 2.46 bits per heavy atom. The first-order valence-electron chi connectivity index (χ1n) is 3.82. The van der Waals surface area contributed by atoms with Crippen LogP contribution in [-0.2, 0) is 0 Å². The van der Waals surface area contributed by atoms with Gasteiger partial charge in [-0.15, -0.1) is 0 Å². The van der Waals surface area contributed by atoms with E-state index in [4.69, 9.17) is 0 Å². The fourth-order valence-electron chi connectivity index (χ4n) is 0.747. The first-order valence-corrected chi connectivity index (χ1v) is 3.82. The lowest BCUT2D eigenvalue weighted by Crippen LogP contribution is -2.18. The van der Waals surface area contributed by atoms with Crippen LogP contribution in [0.5, 0.6) is 0 Å². The molecule has 1 aromatic rings. The van der Waals surface area contributed by atoms with Crippen LogP contribution >= 0.6 is 0 Å². The zero-order valence-corrected chi connectivity index (χ0v) is 7.47. The molecule has 0 aromatic carbocycles. The van der Waals surface area contributed by atoms with Crippen molar-refractivity contribution < 1.29 is 4.92 Å². The lowest BCUT2D eigenvalue weighted by atomic mass is 10.5. The van der Waals surface area contributed by atoms with Crippen molar-refractivity contribution in [3.05, 3.63) is 22.5 Å². The SMILES string of the molecule is CCN(C)c1ncc([N+](=O)[O-])cn1. The second-order valence-electron chi connectivity index (χ2n) is 2.51. The molecule has 0 saturated carbocycles. The van der Waals surface area contributed by atoms with Crippen LogP contribution in [0.3, 0.4) is 0 Å². The zero-order chi connectivity index (χ0) is 9.84. The number of nitrogens with zero attached hydrogens (tertiary/aromatic N) is 4. The predicted molar refractivity (Wildman–Crippen MR) is 47.6 cm³/mol. The molecule has 0 aliphatic heterocycles. The van der Waals surface area contributed by atoms with Gasteiger partial charge in [0.1, 0.15) is 12.4 Å². The van der Waals surface area contributed by atoms with E-state index in [9.17, 15) is 10.1 Å². The van der Waals surface area contributed by atoms with Crippen molar-refractivity contribution in [1.29, 1.82) is 0 Å². The number of hydrogen-bond donors (Lipinski definition) is 0. The van der Waals surface area contributed by atoms with Gasteiger partial charge >= 0.3 is 5.69 Å². The van der Waals surface area contributed by atoms with Crippen molar-refractivity contribution in [1.82, 2.24) is 9.97 Å². The number of anilines is 1. The van der Waals surface area contributed by atoms with E-state index in [0.717, 1.165) is 6.54 Å². The molecule has 0 radical (unpaired) electrons. The third kappa shape index (κ3) is 2.11. The van der Waals surface area contributed by atoms with Crippen LogP contribution in [0, 0.1) is 10.1 Å². The first kappa shape index (κ1) is 9.37. The van der Waals surface area contributed by atoms with Crippen molar-refractivity contribution in [2.24, 2.45) is 0 Å². The van der Waals surface area contributed by atoms with Crippen molar-refractivity contribution in [3.63, 3.8) is 0 Å². The van der Waals surface area contributed by atoms with Gasteiger partial charge in [-0.25, -0.2) is 9.97 Å². The van der Waals surface area contributed by atoms with Gasteiger partial charge in [0.25, 0.3) is 0 Å². The highest BCUT2D eigenvalue weighted by atomic mass is 16.6. The molecule has 0 saturated heterocycles. The summed E-state index contributed by atoms with van der Waals surface area (Å²) in [5, 5.41) is 10.3. The fraction of sp³-hybridized carbons (Fsp3) is 0.429. The average Bonchev–Trinajstić information content (AvgIpc) is 2.17. The Labute approximate surface area is 75.4 Å². The number of aromatic nitrogens is 2. The Morgan fingerprint density at radius 2 is 2.08 bits per heavy atom. The van der Waals surface area contributed by atoms with Gasteiger partial charge in [0.05, 0.1) is 4.92 Å². The van der Waals surface area contributed by atoms with Crippen molar-refractivity contribution >= 4 is 11.6 Å². The quantitative estimate of drug-likeness (QED) is 0.511. The van der Waals surface area contributed by atoms with Gasteiger partial charge in [-0.05, 0) is 6.92 Å². The summed E-state index contributed by atoms with van der Waals surface area (Å²) in [6, 6.07) is 0. The molecule has 0 fully saturated rings. The molecule has 6 nitrogen and oxygen atoms in total. The summed E-state index contributed by atoms with van der Waals surface area (Å²) in [6.07, 6.45) is 2.41. The maximum Gasteiger partial charge on any atom is 0.305 e. The van der Waals surface area contributed by atoms with E-state index in [1.54, 1.807) is 4.90 Å². The summed E-state index contributed by atoms with van der Waals surface area (Å²) in [4.78, 5) is 19.2. The van der Waals surface area contributed by atoms with E-state index in [1.165, 1.54) is 12.4 Å². The molecular formula is C7H10N4O2. The summed E-state index contributed by atoms with van der Waals surface area (Å²) in [6.45, 7) is 2.71. The molecule has 0 aliphatic carbocycles. The topological polar surface area (TPSA) is 72.2 Å².